The van der Waals surface area contributed by atoms with Crippen molar-refractivity contribution in [1.29, 1.82) is 10.7 Å². The molecule has 0 aliphatic rings. The highest BCUT2D eigenvalue weighted by Gasteiger charge is 2.14. The summed E-state index contributed by atoms with van der Waals surface area (Å²) in [6, 6.07) is 6.29. The summed E-state index contributed by atoms with van der Waals surface area (Å²) in [6.45, 7) is -2.77. The quantitative estimate of drug-likeness (QED) is 0.417. The summed E-state index contributed by atoms with van der Waals surface area (Å²) in [7, 11) is 0. The summed E-state index contributed by atoms with van der Waals surface area (Å²) < 4.78 is 39.4. The van der Waals surface area contributed by atoms with E-state index in [2.05, 4.69) is 10.1 Å². The van der Waals surface area contributed by atoms with Crippen LogP contribution in [0.25, 0.3) is 22.2 Å². The van der Waals surface area contributed by atoms with Gasteiger partial charge in [-0.05, 0) is 18.2 Å². The molecule has 2 N–H and O–H groups in total. The molecule has 0 atom stereocenters. The summed E-state index contributed by atoms with van der Waals surface area (Å²) in [5.41, 5.74) is 2.37. The predicted molar refractivity (Wildman–Crippen MR) is 89.0 cm³/mol. The molecule has 0 saturated carbocycles. The molecule has 0 fully saturated rings. The summed E-state index contributed by atoms with van der Waals surface area (Å²) in [5.74, 6) is -0.656. The Morgan fingerprint density at radius 3 is 2.77 bits per heavy atom. The van der Waals surface area contributed by atoms with Gasteiger partial charge in [-0.15, -0.1) is 0 Å². The van der Waals surface area contributed by atoms with E-state index in [1.165, 1.54) is 35.2 Å². The number of aromatic nitrogens is 3. The maximum Gasteiger partial charge on any atom is 0.312 e. The van der Waals surface area contributed by atoms with Gasteiger partial charge in [-0.2, -0.15) is 23.5 Å². The molecule has 0 saturated heterocycles. The minimum Gasteiger partial charge on any atom is -0.336 e. The fourth-order valence-corrected chi connectivity index (χ4v) is 2.48. The first kappa shape index (κ1) is 17.2. The van der Waals surface area contributed by atoms with E-state index in [4.69, 9.17) is 5.41 Å². The van der Waals surface area contributed by atoms with Gasteiger partial charge >= 0.3 is 6.55 Å². The highest BCUT2D eigenvalue weighted by atomic mass is 19.3. The van der Waals surface area contributed by atoms with E-state index in [-0.39, 0.29) is 5.57 Å². The van der Waals surface area contributed by atoms with Gasteiger partial charge in [0, 0.05) is 47.1 Å². The van der Waals surface area contributed by atoms with E-state index < -0.39 is 12.5 Å². The molecular formula is C17H11F3N6. The number of nitrogens with one attached hydrogen (secondary N) is 2. The predicted octanol–water partition coefficient (Wildman–Crippen LogP) is 3.21. The van der Waals surface area contributed by atoms with Crippen LogP contribution >= 0.6 is 0 Å². The van der Waals surface area contributed by atoms with E-state index in [1.54, 1.807) is 6.07 Å². The van der Waals surface area contributed by atoms with Gasteiger partial charge in [-0.25, -0.2) is 9.50 Å². The maximum atomic E-state index is 13.1. The van der Waals surface area contributed by atoms with Crippen LogP contribution in [-0.2, 0) is 0 Å². The fourth-order valence-electron chi connectivity index (χ4n) is 2.48. The van der Waals surface area contributed by atoms with Crippen LogP contribution in [0.5, 0.6) is 0 Å². The summed E-state index contributed by atoms with van der Waals surface area (Å²) in [5, 5.41) is 22.7. The second-order valence-corrected chi connectivity index (χ2v) is 5.19. The van der Waals surface area contributed by atoms with E-state index in [0.717, 1.165) is 12.4 Å². The molecule has 0 bridgehead atoms. The Balaban J connectivity index is 2.25. The molecule has 0 radical (unpaired) electrons. The average molecular weight is 356 g/mol. The lowest BCUT2D eigenvalue weighted by Gasteiger charge is -2.10. The van der Waals surface area contributed by atoms with Crippen molar-refractivity contribution in [3.63, 3.8) is 0 Å². The maximum absolute atomic E-state index is 13.1. The Bertz CT molecular complexity index is 1030. The van der Waals surface area contributed by atoms with Crippen LogP contribution in [0, 0.1) is 22.7 Å². The third-order valence-corrected chi connectivity index (χ3v) is 3.62. The molecule has 6 nitrogen and oxygen atoms in total. The van der Waals surface area contributed by atoms with E-state index in [1.807, 2.05) is 11.4 Å². The Kier molecular flexibility index (Phi) is 4.66. The summed E-state index contributed by atoms with van der Waals surface area (Å²) >= 11 is 0. The van der Waals surface area contributed by atoms with Crippen LogP contribution in [0.1, 0.15) is 11.1 Å². The van der Waals surface area contributed by atoms with Gasteiger partial charge in [-0.3, -0.25) is 0 Å². The van der Waals surface area contributed by atoms with Gasteiger partial charge in [0.2, 0.25) is 5.95 Å². The van der Waals surface area contributed by atoms with Gasteiger partial charge in [0.25, 0.3) is 0 Å². The van der Waals surface area contributed by atoms with Crippen LogP contribution in [0.15, 0.2) is 43.0 Å². The molecule has 9 heteroatoms. The molecule has 0 amide bonds. The molecule has 0 unspecified atom stereocenters. The number of hydrogen-bond acceptors (Lipinski definition) is 5. The molecule has 3 aromatic heterocycles. The van der Waals surface area contributed by atoms with Crippen molar-refractivity contribution in [1.82, 2.24) is 19.9 Å². The Morgan fingerprint density at radius 1 is 1.35 bits per heavy atom. The zero-order valence-corrected chi connectivity index (χ0v) is 13.1. The second kappa shape index (κ2) is 7.06. The van der Waals surface area contributed by atoms with Gasteiger partial charge < -0.3 is 10.7 Å². The van der Waals surface area contributed by atoms with Gasteiger partial charge in [0.15, 0.2) is 0 Å². The topological polar surface area (TPSA) is 89.9 Å². The van der Waals surface area contributed by atoms with Crippen LogP contribution in [0.3, 0.4) is 0 Å². The van der Waals surface area contributed by atoms with Crippen LogP contribution in [0.2, 0.25) is 0 Å². The lowest BCUT2D eigenvalue weighted by atomic mass is 10.0. The first-order valence-electron chi connectivity index (χ1n) is 7.32. The zero-order valence-electron chi connectivity index (χ0n) is 13.1. The Labute approximate surface area is 145 Å². The van der Waals surface area contributed by atoms with E-state index >= 15 is 0 Å². The standard InChI is InChI=1S/C17H11F3N6/c18-15-2-1-10(6-23-15)14-3-11(12(4-21)7-24-17(19)20)9-26-16(14)13(5-22)8-25-26/h1-4,6-9,17,21,24H/b12-7+,21-4?. The van der Waals surface area contributed by atoms with E-state index in [9.17, 15) is 18.4 Å². The number of allylic oxidation sites excluding steroid dienone is 1. The minimum atomic E-state index is -2.77. The first-order chi connectivity index (χ1) is 12.5. The zero-order chi connectivity index (χ0) is 18.7. The third kappa shape index (κ3) is 3.25. The first-order valence-corrected chi connectivity index (χ1v) is 7.32. The smallest absolute Gasteiger partial charge is 0.312 e. The normalized spacial score (nSPS) is 11.6. The number of pyridine rings is 2. The lowest BCUT2D eigenvalue weighted by Crippen LogP contribution is -2.13. The van der Waals surface area contributed by atoms with Gasteiger partial charge in [0.1, 0.15) is 6.07 Å². The van der Waals surface area contributed by atoms with Crippen molar-refractivity contribution < 1.29 is 13.2 Å². The molecule has 3 heterocycles. The summed E-state index contributed by atoms with van der Waals surface area (Å²) in [4.78, 5) is 3.61. The minimum absolute atomic E-state index is 0.178. The lowest BCUT2D eigenvalue weighted by molar-refractivity contribution is 0.125. The summed E-state index contributed by atoms with van der Waals surface area (Å²) in [6.07, 6.45) is 6.11. The number of nitrogens with zero attached hydrogens (tertiary/aromatic N) is 4. The number of hydrogen-bond donors (Lipinski definition) is 2. The molecule has 3 aromatic rings. The van der Waals surface area contributed by atoms with Crippen molar-refractivity contribution >= 4 is 17.3 Å². The van der Waals surface area contributed by atoms with Crippen LogP contribution < -0.4 is 5.32 Å². The molecule has 0 aliphatic heterocycles. The van der Waals surface area contributed by atoms with Crippen molar-refractivity contribution in [3.05, 3.63) is 60.1 Å². The molecule has 0 aliphatic carbocycles. The van der Waals surface area contributed by atoms with Crippen molar-refractivity contribution in [2.45, 2.75) is 6.55 Å². The largest absolute Gasteiger partial charge is 0.336 e. The van der Waals surface area contributed by atoms with Crippen molar-refractivity contribution in [3.8, 4) is 17.2 Å². The SMILES string of the molecule is N#Cc1cnn2cc(/C(C=N)=C/NC(F)F)cc(-c3ccc(F)nc3)c12. The van der Waals surface area contributed by atoms with Gasteiger partial charge in [-0.1, -0.05) is 0 Å². The molecule has 26 heavy (non-hydrogen) atoms. The second-order valence-electron chi connectivity index (χ2n) is 5.19. The number of alkyl halides is 2. The van der Waals surface area contributed by atoms with Crippen LogP contribution in [-0.4, -0.2) is 27.4 Å². The Morgan fingerprint density at radius 2 is 2.15 bits per heavy atom. The highest BCUT2D eigenvalue weighted by Crippen LogP contribution is 2.29. The Hall–Kier alpha value is -3.67. The third-order valence-electron chi connectivity index (χ3n) is 3.62. The molecule has 0 aromatic carbocycles. The number of halogens is 3. The van der Waals surface area contributed by atoms with Gasteiger partial charge in [0.05, 0.1) is 17.3 Å². The molecule has 3 rings (SSSR count). The molecule has 0 spiro atoms. The van der Waals surface area contributed by atoms with Crippen molar-refractivity contribution in [2.75, 3.05) is 0 Å². The number of nitriles is 1. The molecular weight excluding hydrogens is 345 g/mol. The van der Waals surface area contributed by atoms with Crippen molar-refractivity contribution in [2.24, 2.45) is 0 Å². The monoisotopic (exact) mass is 356 g/mol. The highest BCUT2D eigenvalue weighted by molar-refractivity contribution is 6.08. The number of fused-ring (bicyclic) bond motifs is 1. The van der Waals surface area contributed by atoms with E-state index in [0.29, 0.717) is 27.8 Å². The fraction of sp³-hybridized carbons (Fsp3) is 0.0588. The molecule has 130 valence electrons. The average Bonchev–Trinajstić information content (AvgIpc) is 3.05. The van der Waals surface area contributed by atoms with Crippen LogP contribution in [0.4, 0.5) is 13.2 Å². The number of rotatable bonds is 5.